The van der Waals surface area contributed by atoms with Gasteiger partial charge in [-0.25, -0.2) is 9.37 Å². The van der Waals surface area contributed by atoms with Crippen molar-refractivity contribution in [1.29, 1.82) is 0 Å². The topological polar surface area (TPSA) is 99.6 Å². The summed E-state index contributed by atoms with van der Waals surface area (Å²) in [6.45, 7) is 2.19. The van der Waals surface area contributed by atoms with Crippen molar-refractivity contribution in [1.82, 2.24) is 9.55 Å². The maximum absolute atomic E-state index is 14.4. The minimum Gasteiger partial charge on any atom is -0.491 e. The van der Waals surface area contributed by atoms with E-state index in [9.17, 15) is 14.3 Å². The van der Waals surface area contributed by atoms with Crippen molar-refractivity contribution in [2.45, 2.75) is 19.1 Å². The molecule has 0 fully saturated rings. The Morgan fingerprint density at radius 3 is 3.04 bits per heavy atom. The van der Waals surface area contributed by atoms with Gasteiger partial charge < -0.3 is 24.9 Å². The van der Waals surface area contributed by atoms with Gasteiger partial charge in [-0.1, -0.05) is 11.8 Å². The van der Waals surface area contributed by atoms with Gasteiger partial charge in [0, 0.05) is 19.4 Å². The molecule has 0 spiro atoms. The van der Waals surface area contributed by atoms with Crippen molar-refractivity contribution in [3.63, 3.8) is 0 Å². The summed E-state index contributed by atoms with van der Waals surface area (Å²) in [5.74, 6) is 4.73. The molecule has 0 aliphatic carbocycles. The standard InChI is InChI=1S/C18H18FN3O4/c1-18(24,10-25-2)4-3-11-7-12-15(8-13(11)19)26-6-5-22-9-14(16(20)23)21-17(12)22/h7-9,24H,5-6,10H2,1-2H3,(H2,20,23). The quantitative estimate of drug-likeness (QED) is 0.794. The minimum absolute atomic E-state index is 0.0119. The van der Waals surface area contributed by atoms with Crippen LogP contribution in [0.5, 0.6) is 5.75 Å². The van der Waals surface area contributed by atoms with Crippen LogP contribution in [-0.2, 0) is 11.3 Å². The third-order valence-corrected chi connectivity index (χ3v) is 3.82. The number of nitrogens with zero attached hydrogens (tertiary/aromatic N) is 2. The molecular formula is C18H18FN3O4. The van der Waals surface area contributed by atoms with Crippen LogP contribution in [0.2, 0.25) is 0 Å². The zero-order valence-electron chi connectivity index (χ0n) is 14.4. The molecule has 1 atom stereocenters. The van der Waals surface area contributed by atoms with E-state index in [1.165, 1.54) is 32.4 Å². The largest absolute Gasteiger partial charge is 0.491 e. The number of imidazole rings is 1. The van der Waals surface area contributed by atoms with Crippen LogP contribution < -0.4 is 10.5 Å². The van der Waals surface area contributed by atoms with E-state index in [1.807, 2.05) is 0 Å². The molecule has 1 unspecified atom stereocenters. The molecule has 3 N–H and O–H groups in total. The zero-order valence-corrected chi connectivity index (χ0v) is 14.4. The van der Waals surface area contributed by atoms with Gasteiger partial charge >= 0.3 is 0 Å². The van der Waals surface area contributed by atoms with E-state index in [-0.39, 0.29) is 17.9 Å². The number of benzene rings is 1. The van der Waals surface area contributed by atoms with Crippen LogP contribution in [0.25, 0.3) is 11.4 Å². The Morgan fingerprint density at radius 2 is 2.35 bits per heavy atom. The van der Waals surface area contributed by atoms with Crippen molar-refractivity contribution in [2.75, 3.05) is 20.3 Å². The number of halogens is 1. The van der Waals surface area contributed by atoms with Gasteiger partial charge in [0.05, 0.1) is 24.3 Å². The second kappa shape index (κ2) is 6.78. The van der Waals surface area contributed by atoms with Crippen molar-refractivity contribution < 1.29 is 23.8 Å². The first-order chi connectivity index (χ1) is 12.3. The monoisotopic (exact) mass is 359 g/mol. The molecule has 1 amide bonds. The molecule has 3 rings (SSSR count). The van der Waals surface area contributed by atoms with Gasteiger partial charge in [-0.05, 0) is 13.0 Å². The fourth-order valence-electron chi connectivity index (χ4n) is 2.64. The Hall–Kier alpha value is -2.89. The number of carbonyl (C=O) groups excluding carboxylic acids is 1. The fraction of sp³-hybridized carbons (Fsp3) is 0.333. The molecule has 2 heterocycles. The number of rotatable bonds is 3. The molecule has 136 valence electrons. The Balaban J connectivity index is 2.09. The minimum atomic E-state index is -1.41. The number of amides is 1. The van der Waals surface area contributed by atoms with Crippen LogP contribution in [0.15, 0.2) is 18.3 Å². The van der Waals surface area contributed by atoms with Crippen molar-refractivity contribution >= 4 is 5.91 Å². The number of hydrogen-bond acceptors (Lipinski definition) is 5. The molecule has 0 bridgehead atoms. The summed E-state index contributed by atoms with van der Waals surface area (Å²) in [5, 5.41) is 10.1. The number of nitrogens with two attached hydrogens (primary N) is 1. The van der Waals surface area contributed by atoms with E-state index >= 15 is 0 Å². The highest BCUT2D eigenvalue weighted by Gasteiger charge is 2.22. The Bertz CT molecular complexity index is 924. The summed E-state index contributed by atoms with van der Waals surface area (Å²) in [4.78, 5) is 15.6. The second-order valence-corrected chi connectivity index (χ2v) is 6.14. The molecule has 1 aliphatic rings. The van der Waals surface area contributed by atoms with Gasteiger partial charge in [0.25, 0.3) is 5.91 Å². The predicted molar refractivity (Wildman–Crippen MR) is 91.0 cm³/mol. The number of aromatic nitrogens is 2. The lowest BCUT2D eigenvalue weighted by Crippen LogP contribution is -2.27. The fourth-order valence-corrected chi connectivity index (χ4v) is 2.64. The van der Waals surface area contributed by atoms with Crippen molar-refractivity contribution in [3.05, 3.63) is 35.4 Å². The third-order valence-electron chi connectivity index (χ3n) is 3.82. The summed E-state index contributed by atoms with van der Waals surface area (Å²) in [5.41, 5.74) is 4.56. The maximum Gasteiger partial charge on any atom is 0.268 e. The highest BCUT2D eigenvalue weighted by molar-refractivity contribution is 5.91. The molecule has 1 aromatic heterocycles. The van der Waals surface area contributed by atoms with E-state index in [0.29, 0.717) is 30.3 Å². The summed E-state index contributed by atoms with van der Waals surface area (Å²) in [6, 6.07) is 2.70. The SMILES string of the molecule is COCC(C)(O)C#Cc1cc2c(cc1F)OCCn1cc(C(N)=O)nc1-2. The Kier molecular flexibility index (Phi) is 4.68. The van der Waals surface area contributed by atoms with Crippen molar-refractivity contribution in [2.24, 2.45) is 5.73 Å². The average Bonchev–Trinajstić information content (AvgIpc) is 2.91. The maximum atomic E-state index is 14.4. The Labute approximate surface area is 149 Å². The van der Waals surface area contributed by atoms with Crippen LogP contribution in [0.3, 0.4) is 0 Å². The van der Waals surface area contributed by atoms with E-state index in [1.54, 1.807) is 4.57 Å². The predicted octanol–water partition coefficient (Wildman–Crippen LogP) is 0.929. The van der Waals surface area contributed by atoms with Crippen LogP contribution in [0.1, 0.15) is 23.0 Å². The van der Waals surface area contributed by atoms with Crippen LogP contribution >= 0.6 is 0 Å². The summed E-state index contributed by atoms with van der Waals surface area (Å²) in [6.07, 6.45) is 1.54. The number of hydrogen-bond donors (Lipinski definition) is 2. The lowest BCUT2D eigenvalue weighted by molar-refractivity contribution is 0.0274. The summed E-state index contributed by atoms with van der Waals surface area (Å²) < 4.78 is 26.6. The number of methoxy groups -OCH3 is 1. The van der Waals surface area contributed by atoms with Gasteiger partial charge in [-0.3, -0.25) is 4.79 Å². The van der Waals surface area contributed by atoms with E-state index in [0.717, 1.165) is 0 Å². The van der Waals surface area contributed by atoms with Crippen molar-refractivity contribution in [3.8, 4) is 29.0 Å². The molecule has 0 radical (unpaired) electrons. The van der Waals surface area contributed by atoms with E-state index in [4.69, 9.17) is 15.2 Å². The first-order valence-electron chi connectivity index (χ1n) is 7.89. The highest BCUT2D eigenvalue weighted by Crippen LogP contribution is 2.34. The number of carbonyl (C=O) groups is 1. The normalized spacial score (nSPS) is 14.8. The number of fused-ring (bicyclic) bond motifs is 3. The lowest BCUT2D eigenvalue weighted by atomic mass is 10.1. The van der Waals surface area contributed by atoms with Crippen LogP contribution in [0.4, 0.5) is 4.39 Å². The van der Waals surface area contributed by atoms with Gasteiger partial charge in [0.15, 0.2) is 0 Å². The van der Waals surface area contributed by atoms with E-state index in [2.05, 4.69) is 16.8 Å². The molecule has 26 heavy (non-hydrogen) atoms. The van der Waals surface area contributed by atoms with E-state index < -0.39 is 17.3 Å². The highest BCUT2D eigenvalue weighted by atomic mass is 19.1. The average molecular weight is 359 g/mol. The molecule has 7 nitrogen and oxygen atoms in total. The lowest BCUT2D eigenvalue weighted by Gasteiger charge is -2.14. The van der Waals surface area contributed by atoms with Gasteiger partial charge in [-0.15, -0.1) is 0 Å². The number of ether oxygens (including phenoxy) is 2. The second-order valence-electron chi connectivity index (χ2n) is 6.14. The first kappa shape index (κ1) is 17.9. The van der Waals surface area contributed by atoms with Gasteiger partial charge in [-0.2, -0.15) is 0 Å². The summed E-state index contributed by atoms with van der Waals surface area (Å²) in [7, 11) is 1.44. The zero-order chi connectivity index (χ0) is 18.9. The van der Waals surface area contributed by atoms with Gasteiger partial charge in [0.1, 0.15) is 35.3 Å². The Morgan fingerprint density at radius 1 is 1.58 bits per heavy atom. The molecule has 1 aliphatic heterocycles. The molecule has 0 saturated carbocycles. The molecule has 1 aromatic carbocycles. The van der Waals surface area contributed by atoms with Gasteiger partial charge in [0.2, 0.25) is 0 Å². The van der Waals surface area contributed by atoms with Crippen LogP contribution in [-0.4, -0.2) is 46.5 Å². The number of aliphatic hydroxyl groups is 1. The molecule has 8 heteroatoms. The first-order valence-corrected chi connectivity index (χ1v) is 7.89. The third kappa shape index (κ3) is 3.54. The molecular weight excluding hydrogens is 341 g/mol. The smallest absolute Gasteiger partial charge is 0.268 e. The molecule has 2 aromatic rings. The number of primary amides is 1. The van der Waals surface area contributed by atoms with Crippen LogP contribution in [0, 0.1) is 17.7 Å². The summed E-state index contributed by atoms with van der Waals surface area (Å²) >= 11 is 0. The molecule has 0 saturated heterocycles.